The van der Waals surface area contributed by atoms with Gasteiger partial charge >= 0.3 is 0 Å². The summed E-state index contributed by atoms with van der Waals surface area (Å²) in [7, 11) is 0. The van der Waals surface area contributed by atoms with Crippen molar-refractivity contribution in [2.24, 2.45) is 5.92 Å². The van der Waals surface area contributed by atoms with Crippen molar-refractivity contribution in [3.63, 3.8) is 0 Å². The predicted octanol–water partition coefficient (Wildman–Crippen LogP) is 3.62. The molecule has 0 radical (unpaired) electrons. The standard InChI is InChI=1S/C18H21NO/c1-13-6-4-10-16(19-13)12-15-9-5-8-14-7-2-3-11-17(14)18(15)20/h2-4,6-7,10-11,15,18,20H,5,8-9,12H2,1H3. The van der Waals surface area contributed by atoms with E-state index in [4.69, 9.17) is 0 Å². The second-order valence-corrected chi connectivity index (χ2v) is 5.77. The number of aromatic nitrogens is 1. The van der Waals surface area contributed by atoms with E-state index >= 15 is 0 Å². The van der Waals surface area contributed by atoms with Gasteiger partial charge in [0.05, 0.1) is 6.10 Å². The highest BCUT2D eigenvalue weighted by Gasteiger charge is 2.26. The van der Waals surface area contributed by atoms with Gasteiger partial charge in [-0.1, -0.05) is 30.3 Å². The van der Waals surface area contributed by atoms with Crippen LogP contribution in [0, 0.1) is 12.8 Å². The van der Waals surface area contributed by atoms with E-state index in [9.17, 15) is 5.11 Å². The van der Waals surface area contributed by atoms with Crippen molar-refractivity contribution in [2.75, 3.05) is 0 Å². The van der Waals surface area contributed by atoms with Crippen LogP contribution in [-0.4, -0.2) is 10.1 Å². The molecule has 0 fully saturated rings. The number of aliphatic hydroxyl groups excluding tert-OH is 1. The minimum atomic E-state index is -0.365. The lowest BCUT2D eigenvalue weighted by atomic mass is 9.89. The third-order valence-corrected chi connectivity index (χ3v) is 4.26. The van der Waals surface area contributed by atoms with Crippen molar-refractivity contribution >= 4 is 0 Å². The maximum absolute atomic E-state index is 10.7. The summed E-state index contributed by atoms with van der Waals surface area (Å²) in [6.45, 7) is 2.02. The Morgan fingerprint density at radius 1 is 1.15 bits per heavy atom. The normalized spacial score (nSPS) is 22.1. The van der Waals surface area contributed by atoms with E-state index in [0.717, 1.165) is 42.6 Å². The van der Waals surface area contributed by atoms with Crippen molar-refractivity contribution < 1.29 is 5.11 Å². The van der Waals surface area contributed by atoms with Crippen LogP contribution in [-0.2, 0) is 12.8 Å². The Labute approximate surface area is 120 Å². The summed E-state index contributed by atoms with van der Waals surface area (Å²) < 4.78 is 0. The molecule has 0 saturated carbocycles. The lowest BCUT2D eigenvalue weighted by molar-refractivity contribution is 0.104. The third kappa shape index (κ3) is 2.75. The van der Waals surface area contributed by atoms with E-state index in [-0.39, 0.29) is 12.0 Å². The van der Waals surface area contributed by atoms with Gasteiger partial charge in [0.25, 0.3) is 0 Å². The molecular weight excluding hydrogens is 246 g/mol. The fraction of sp³-hybridized carbons (Fsp3) is 0.389. The van der Waals surface area contributed by atoms with Gasteiger partial charge in [-0.05, 0) is 61.8 Å². The molecule has 0 bridgehead atoms. The van der Waals surface area contributed by atoms with Crippen LogP contribution in [0.2, 0.25) is 0 Å². The highest BCUT2D eigenvalue weighted by Crippen LogP contribution is 2.34. The quantitative estimate of drug-likeness (QED) is 0.843. The van der Waals surface area contributed by atoms with Gasteiger partial charge in [-0.2, -0.15) is 0 Å². The second-order valence-electron chi connectivity index (χ2n) is 5.77. The molecule has 1 aliphatic rings. The molecule has 0 aliphatic heterocycles. The minimum absolute atomic E-state index is 0.271. The fourth-order valence-electron chi connectivity index (χ4n) is 3.21. The summed E-state index contributed by atoms with van der Waals surface area (Å²) in [5.41, 5.74) is 4.56. The van der Waals surface area contributed by atoms with Gasteiger partial charge in [0.1, 0.15) is 0 Å². The third-order valence-electron chi connectivity index (χ3n) is 4.26. The van der Waals surface area contributed by atoms with Gasteiger partial charge in [-0.25, -0.2) is 0 Å². The molecule has 2 unspecified atom stereocenters. The number of hydrogen-bond acceptors (Lipinski definition) is 2. The van der Waals surface area contributed by atoms with Crippen molar-refractivity contribution in [3.05, 3.63) is 65.0 Å². The van der Waals surface area contributed by atoms with Crippen LogP contribution in [0.25, 0.3) is 0 Å². The molecule has 1 aromatic carbocycles. The van der Waals surface area contributed by atoms with E-state index in [1.165, 1.54) is 5.56 Å². The molecule has 1 heterocycles. The number of rotatable bonds is 2. The summed E-state index contributed by atoms with van der Waals surface area (Å²) in [5.74, 6) is 0.271. The van der Waals surface area contributed by atoms with E-state index in [0.29, 0.717) is 0 Å². The number of nitrogens with zero attached hydrogens (tertiary/aromatic N) is 1. The molecule has 2 heteroatoms. The summed E-state index contributed by atoms with van der Waals surface area (Å²) in [6, 6.07) is 14.4. The molecule has 2 nitrogen and oxygen atoms in total. The lowest BCUT2D eigenvalue weighted by Gasteiger charge is -2.21. The Kier molecular flexibility index (Phi) is 3.83. The molecular formula is C18H21NO. The first-order valence-electron chi connectivity index (χ1n) is 7.42. The molecule has 3 rings (SSSR count). The largest absolute Gasteiger partial charge is 0.388 e. The zero-order chi connectivity index (χ0) is 13.9. The number of benzene rings is 1. The number of fused-ring (bicyclic) bond motifs is 1. The van der Waals surface area contributed by atoms with Crippen LogP contribution in [0.1, 0.15) is 41.5 Å². The van der Waals surface area contributed by atoms with Crippen molar-refractivity contribution in [1.29, 1.82) is 0 Å². The zero-order valence-electron chi connectivity index (χ0n) is 11.9. The number of aryl methyl sites for hydroxylation is 2. The molecule has 0 spiro atoms. The Morgan fingerprint density at radius 2 is 2.00 bits per heavy atom. The molecule has 1 aromatic heterocycles. The molecule has 2 atom stereocenters. The molecule has 1 N–H and O–H groups in total. The van der Waals surface area contributed by atoms with Gasteiger partial charge in [0, 0.05) is 11.4 Å². The first kappa shape index (κ1) is 13.3. The van der Waals surface area contributed by atoms with Gasteiger partial charge < -0.3 is 5.11 Å². The van der Waals surface area contributed by atoms with Crippen LogP contribution in [0.4, 0.5) is 0 Å². The van der Waals surface area contributed by atoms with Crippen LogP contribution in [0.5, 0.6) is 0 Å². The predicted molar refractivity (Wildman–Crippen MR) is 80.5 cm³/mol. The topological polar surface area (TPSA) is 33.1 Å². The Hall–Kier alpha value is -1.67. The fourth-order valence-corrected chi connectivity index (χ4v) is 3.21. The van der Waals surface area contributed by atoms with Gasteiger partial charge in [-0.3, -0.25) is 4.98 Å². The highest BCUT2D eigenvalue weighted by molar-refractivity contribution is 5.31. The average Bonchev–Trinajstić information content (AvgIpc) is 2.60. The first-order chi connectivity index (χ1) is 9.74. The monoisotopic (exact) mass is 267 g/mol. The van der Waals surface area contributed by atoms with E-state index in [1.807, 2.05) is 19.1 Å². The molecule has 2 aromatic rings. The summed E-state index contributed by atoms with van der Waals surface area (Å²) >= 11 is 0. The summed E-state index contributed by atoms with van der Waals surface area (Å²) in [5, 5.41) is 10.7. The SMILES string of the molecule is Cc1cccc(CC2CCCc3ccccc3C2O)n1. The average molecular weight is 267 g/mol. The van der Waals surface area contributed by atoms with Crippen LogP contribution < -0.4 is 0 Å². The number of aliphatic hydroxyl groups is 1. The van der Waals surface area contributed by atoms with Crippen LogP contribution in [0.3, 0.4) is 0 Å². The van der Waals surface area contributed by atoms with Gasteiger partial charge in [-0.15, -0.1) is 0 Å². The number of hydrogen-bond donors (Lipinski definition) is 1. The molecule has 0 amide bonds. The van der Waals surface area contributed by atoms with Crippen molar-refractivity contribution in [3.8, 4) is 0 Å². The lowest BCUT2D eigenvalue weighted by Crippen LogP contribution is -2.15. The maximum Gasteiger partial charge on any atom is 0.0824 e. The van der Waals surface area contributed by atoms with Gasteiger partial charge in [0.15, 0.2) is 0 Å². The van der Waals surface area contributed by atoms with Gasteiger partial charge in [0.2, 0.25) is 0 Å². The second kappa shape index (κ2) is 5.76. The Bertz CT molecular complexity index is 593. The maximum atomic E-state index is 10.7. The van der Waals surface area contributed by atoms with E-state index in [1.54, 1.807) is 0 Å². The summed E-state index contributed by atoms with van der Waals surface area (Å²) in [4.78, 5) is 4.58. The Balaban J connectivity index is 1.84. The van der Waals surface area contributed by atoms with Crippen LogP contribution >= 0.6 is 0 Å². The number of pyridine rings is 1. The molecule has 0 saturated heterocycles. The minimum Gasteiger partial charge on any atom is -0.388 e. The smallest absolute Gasteiger partial charge is 0.0824 e. The molecule has 20 heavy (non-hydrogen) atoms. The van der Waals surface area contributed by atoms with Crippen LogP contribution in [0.15, 0.2) is 42.5 Å². The molecule has 1 aliphatic carbocycles. The van der Waals surface area contributed by atoms with E-state index in [2.05, 4.69) is 35.3 Å². The first-order valence-corrected chi connectivity index (χ1v) is 7.42. The molecule has 104 valence electrons. The highest BCUT2D eigenvalue weighted by atomic mass is 16.3. The van der Waals surface area contributed by atoms with Crippen molar-refractivity contribution in [2.45, 2.75) is 38.7 Å². The Morgan fingerprint density at radius 3 is 2.85 bits per heavy atom. The summed E-state index contributed by atoms with van der Waals surface area (Å²) in [6.07, 6.45) is 3.77. The zero-order valence-corrected chi connectivity index (χ0v) is 11.9. The van der Waals surface area contributed by atoms with Crippen molar-refractivity contribution in [1.82, 2.24) is 4.98 Å². The van der Waals surface area contributed by atoms with E-state index < -0.39 is 0 Å².